The first-order chi connectivity index (χ1) is 13.7. The number of amides is 1. The van der Waals surface area contributed by atoms with Crippen LogP contribution in [0.5, 0.6) is 17.2 Å². The van der Waals surface area contributed by atoms with E-state index in [0.29, 0.717) is 29.0 Å². The molecule has 1 amide bonds. The van der Waals surface area contributed by atoms with Gasteiger partial charge in [0.25, 0.3) is 0 Å². The highest BCUT2D eigenvalue weighted by Gasteiger charge is 2.41. The van der Waals surface area contributed by atoms with Crippen molar-refractivity contribution in [3.63, 3.8) is 0 Å². The molecule has 0 bridgehead atoms. The van der Waals surface area contributed by atoms with Crippen molar-refractivity contribution in [2.75, 3.05) is 14.2 Å². The molecule has 0 N–H and O–H groups in total. The second-order valence-corrected chi connectivity index (χ2v) is 6.98. The van der Waals surface area contributed by atoms with Crippen LogP contribution >= 0.6 is 11.6 Å². The number of methoxy groups -OCH3 is 2. The minimum atomic E-state index is -4.76. The predicted octanol–water partition coefficient (Wildman–Crippen LogP) is 4.68. The molecular weight excluding hydrogens is 411 g/mol. The van der Waals surface area contributed by atoms with E-state index in [2.05, 4.69) is 4.74 Å². The molecule has 1 heterocycles. The first-order valence-electron chi connectivity index (χ1n) is 8.73. The second kappa shape index (κ2) is 8.41. The molecule has 156 valence electrons. The van der Waals surface area contributed by atoms with Crippen molar-refractivity contribution in [2.24, 2.45) is 0 Å². The maximum absolute atomic E-state index is 12.7. The molecule has 9 heteroatoms. The fraction of sp³-hybridized carbons (Fsp3) is 0.350. The van der Waals surface area contributed by atoms with Crippen molar-refractivity contribution in [1.29, 1.82) is 0 Å². The summed E-state index contributed by atoms with van der Waals surface area (Å²) in [5.74, 6) is 0.533. The lowest BCUT2D eigenvalue weighted by Crippen LogP contribution is -2.29. The van der Waals surface area contributed by atoms with Gasteiger partial charge in [0.1, 0.15) is 22.6 Å². The molecule has 2 aromatic rings. The summed E-state index contributed by atoms with van der Waals surface area (Å²) in [7, 11) is 3.05. The third-order valence-corrected chi connectivity index (χ3v) is 5.03. The molecule has 0 aliphatic carbocycles. The average molecular weight is 430 g/mol. The maximum Gasteiger partial charge on any atom is 0.573 e. The number of nitrogens with zero attached hydrogens (tertiary/aromatic N) is 1. The van der Waals surface area contributed by atoms with Crippen LogP contribution in [-0.2, 0) is 11.3 Å². The molecule has 2 aromatic carbocycles. The molecular formula is C20H19ClF3NO4. The van der Waals surface area contributed by atoms with Crippen LogP contribution in [0.2, 0.25) is 0 Å². The third-order valence-electron chi connectivity index (χ3n) is 4.67. The van der Waals surface area contributed by atoms with E-state index < -0.39 is 17.8 Å². The van der Waals surface area contributed by atoms with Gasteiger partial charge in [-0.1, -0.05) is 18.2 Å². The van der Waals surface area contributed by atoms with Crippen LogP contribution < -0.4 is 14.2 Å². The highest BCUT2D eigenvalue weighted by Crippen LogP contribution is 2.44. The van der Waals surface area contributed by atoms with Gasteiger partial charge in [0, 0.05) is 6.54 Å². The number of benzene rings is 2. The van der Waals surface area contributed by atoms with E-state index in [1.165, 1.54) is 38.5 Å². The number of likely N-dealkylation sites (tertiary alicyclic amines) is 1. The van der Waals surface area contributed by atoms with Crippen LogP contribution in [0.25, 0.3) is 0 Å². The Labute approximate surface area is 170 Å². The Balaban J connectivity index is 1.89. The van der Waals surface area contributed by atoms with Gasteiger partial charge >= 0.3 is 6.36 Å². The van der Waals surface area contributed by atoms with Crippen molar-refractivity contribution in [1.82, 2.24) is 4.90 Å². The normalized spacial score (nSPS) is 19.4. The van der Waals surface area contributed by atoms with Gasteiger partial charge in [-0.15, -0.1) is 24.8 Å². The summed E-state index contributed by atoms with van der Waals surface area (Å²) in [5.41, 5.74) is 1.34. The molecule has 5 nitrogen and oxygen atoms in total. The van der Waals surface area contributed by atoms with Gasteiger partial charge < -0.3 is 19.1 Å². The summed E-state index contributed by atoms with van der Waals surface area (Å²) >= 11 is 6.24. The Morgan fingerprint density at radius 3 is 2.17 bits per heavy atom. The van der Waals surface area contributed by atoms with E-state index in [1.54, 1.807) is 23.1 Å². The Hall–Kier alpha value is -2.61. The van der Waals surface area contributed by atoms with E-state index >= 15 is 0 Å². The Morgan fingerprint density at radius 2 is 1.66 bits per heavy atom. The van der Waals surface area contributed by atoms with Crippen molar-refractivity contribution in [2.45, 2.75) is 30.7 Å². The van der Waals surface area contributed by atoms with Gasteiger partial charge in [-0.05, 0) is 36.2 Å². The van der Waals surface area contributed by atoms with Gasteiger partial charge in [-0.25, -0.2) is 0 Å². The molecule has 0 unspecified atom stereocenters. The summed E-state index contributed by atoms with van der Waals surface area (Å²) in [4.78, 5) is 14.3. The molecule has 0 aromatic heterocycles. The molecule has 3 rings (SSSR count). The Kier molecular flexibility index (Phi) is 6.12. The molecule has 0 radical (unpaired) electrons. The standard InChI is InChI=1S/C20H19ClF3NO4/c1-27-16-4-3-5-17(28-2)18(16)15-10-14(21)19(26)25(15)11-12-6-8-13(9-7-12)29-20(22,23)24/h3-9,14-15H,10-11H2,1-2H3/t14-,15+/m1/s1. The molecule has 29 heavy (non-hydrogen) atoms. The molecule has 1 aliphatic rings. The number of rotatable bonds is 6. The SMILES string of the molecule is COc1cccc(OC)c1[C@@H]1C[C@@H](Cl)C(=O)N1Cc1ccc(OC(F)(F)F)cc1. The average Bonchev–Trinajstić information content (AvgIpc) is 2.95. The maximum atomic E-state index is 12.7. The lowest BCUT2D eigenvalue weighted by atomic mass is 10.0. The highest BCUT2D eigenvalue weighted by atomic mass is 35.5. The number of hydrogen-bond acceptors (Lipinski definition) is 4. The third kappa shape index (κ3) is 4.70. The second-order valence-electron chi connectivity index (χ2n) is 6.45. The van der Waals surface area contributed by atoms with Gasteiger partial charge in [0.15, 0.2) is 0 Å². The van der Waals surface area contributed by atoms with Crippen LogP contribution in [-0.4, -0.2) is 36.8 Å². The van der Waals surface area contributed by atoms with Crippen LogP contribution in [0.1, 0.15) is 23.6 Å². The van der Waals surface area contributed by atoms with Gasteiger partial charge in [0.2, 0.25) is 5.91 Å². The first-order valence-corrected chi connectivity index (χ1v) is 9.17. The monoisotopic (exact) mass is 429 g/mol. The number of ether oxygens (including phenoxy) is 3. The molecule has 0 saturated carbocycles. The topological polar surface area (TPSA) is 48.0 Å². The minimum Gasteiger partial charge on any atom is -0.496 e. The zero-order chi connectivity index (χ0) is 21.2. The van der Waals surface area contributed by atoms with E-state index in [9.17, 15) is 18.0 Å². The van der Waals surface area contributed by atoms with Crippen molar-refractivity contribution in [3.05, 3.63) is 53.6 Å². The highest BCUT2D eigenvalue weighted by molar-refractivity contribution is 6.31. The molecule has 0 spiro atoms. The predicted molar refractivity (Wildman–Crippen MR) is 100 cm³/mol. The lowest BCUT2D eigenvalue weighted by molar-refractivity contribution is -0.274. The van der Waals surface area contributed by atoms with Gasteiger partial charge in [0.05, 0.1) is 25.8 Å². The lowest BCUT2D eigenvalue weighted by Gasteiger charge is -2.27. The van der Waals surface area contributed by atoms with Crippen molar-refractivity contribution in [3.8, 4) is 17.2 Å². The van der Waals surface area contributed by atoms with Gasteiger partial charge in [-0.2, -0.15) is 0 Å². The number of carbonyl (C=O) groups excluding carboxylic acids is 1. The fourth-order valence-corrected chi connectivity index (χ4v) is 3.72. The van der Waals surface area contributed by atoms with Crippen molar-refractivity contribution >= 4 is 17.5 Å². The van der Waals surface area contributed by atoms with Gasteiger partial charge in [-0.3, -0.25) is 4.79 Å². The largest absolute Gasteiger partial charge is 0.573 e. The molecule has 1 aliphatic heterocycles. The first kappa shape index (κ1) is 21.1. The van der Waals surface area contributed by atoms with Crippen LogP contribution in [0.3, 0.4) is 0 Å². The Bertz CT molecular complexity index is 851. The molecule has 2 atom stereocenters. The number of carbonyl (C=O) groups is 1. The number of halogens is 4. The van der Waals surface area contributed by atoms with Crippen LogP contribution in [0, 0.1) is 0 Å². The van der Waals surface area contributed by atoms with Crippen LogP contribution in [0.15, 0.2) is 42.5 Å². The molecule has 1 saturated heterocycles. The summed E-state index contributed by atoms with van der Waals surface area (Å²) in [6.45, 7) is 0.167. The zero-order valence-corrected chi connectivity index (χ0v) is 16.5. The summed E-state index contributed by atoms with van der Waals surface area (Å²) in [5, 5.41) is -0.720. The minimum absolute atomic E-state index is 0.167. The molecule has 1 fully saturated rings. The smallest absolute Gasteiger partial charge is 0.496 e. The quantitative estimate of drug-likeness (QED) is 0.625. The van der Waals surface area contributed by atoms with Crippen LogP contribution in [0.4, 0.5) is 13.2 Å². The number of hydrogen-bond donors (Lipinski definition) is 0. The van der Waals surface area contributed by atoms with E-state index in [0.717, 1.165) is 0 Å². The summed E-state index contributed by atoms with van der Waals surface area (Å²) in [6, 6.07) is 10.3. The summed E-state index contributed by atoms with van der Waals surface area (Å²) in [6.07, 6.45) is -4.41. The number of alkyl halides is 4. The fourth-order valence-electron chi connectivity index (χ4n) is 3.42. The Morgan fingerprint density at radius 1 is 1.07 bits per heavy atom. The van der Waals surface area contributed by atoms with Crippen molar-refractivity contribution < 1.29 is 32.2 Å². The zero-order valence-electron chi connectivity index (χ0n) is 15.7. The van der Waals surface area contributed by atoms with E-state index in [-0.39, 0.29) is 18.2 Å². The summed E-state index contributed by atoms with van der Waals surface area (Å²) < 4.78 is 51.8. The van der Waals surface area contributed by atoms with E-state index in [1.807, 2.05) is 0 Å². The van der Waals surface area contributed by atoms with E-state index in [4.69, 9.17) is 21.1 Å².